The fraction of sp³-hybridized carbons (Fsp3) is 0.833. The first-order valence-electron chi connectivity index (χ1n) is 5.92. The Hall–Kier alpha value is -0.940. The molecule has 98 valence electrons. The average molecular weight is 242 g/mol. The van der Waals surface area contributed by atoms with Crippen molar-refractivity contribution in [3.05, 3.63) is 0 Å². The molecule has 0 aliphatic carbocycles. The third-order valence-corrected chi connectivity index (χ3v) is 2.82. The van der Waals surface area contributed by atoms with Crippen LogP contribution in [0.1, 0.15) is 20.8 Å². The fourth-order valence-electron chi connectivity index (χ4n) is 1.48. The van der Waals surface area contributed by atoms with Gasteiger partial charge in [0.05, 0.1) is 13.2 Å². The topological polar surface area (TPSA) is 58.6 Å². The van der Waals surface area contributed by atoms with Gasteiger partial charge in [-0.25, -0.2) is 0 Å². The van der Waals surface area contributed by atoms with Crippen LogP contribution in [0.5, 0.6) is 0 Å². The standard InChI is InChI=1S/C12H22N2O3/c1-12(2,3)10(15)7-13-11(16)9-8-14(4)5-6-17-9/h9H,5-8H2,1-4H3,(H,13,16). The molecule has 0 radical (unpaired) electrons. The maximum absolute atomic E-state index is 11.8. The molecule has 1 atom stereocenters. The van der Waals surface area contributed by atoms with E-state index in [2.05, 4.69) is 5.32 Å². The van der Waals surface area contributed by atoms with Gasteiger partial charge in [-0.3, -0.25) is 9.59 Å². The van der Waals surface area contributed by atoms with Crippen LogP contribution in [0.15, 0.2) is 0 Å². The van der Waals surface area contributed by atoms with Gasteiger partial charge in [-0.1, -0.05) is 20.8 Å². The number of Topliss-reactive ketones (excluding diaryl/α,β-unsaturated/α-hetero) is 1. The van der Waals surface area contributed by atoms with Gasteiger partial charge >= 0.3 is 0 Å². The lowest BCUT2D eigenvalue weighted by atomic mass is 9.91. The first kappa shape index (κ1) is 14.1. The minimum absolute atomic E-state index is 0.0232. The Kier molecular flexibility index (Phi) is 4.65. The summed E-state index contributed by atoms with van der Waals surface area (Å²) in [6.45, 7) is 7.57. The molecule has 1 fully saturated rings. The van der Waals surface area contributed by atoms with E-state index >= 15 is 0 Å². The van der Waals surface area contributed by atoms with Gasteiger partial charge in [0, 0.05) is 18.5 Å². The zero-order valence-electron chi connectivity index (χ0n) is 11.1. The van der Waals surface area contributed by atoms with E-state index in [-0.39, 0.29) is 18.2 Å². The van der Waals surface area contributed by atoms with E-state index < -0.39 is 11.5 Å². The number of ketones is 1. The van der Waals surface area contributed by atoms with Crippen LogP contribution >= 0.6 is 0 Å². The summed E-state index contributed by atoms with van der Waals surface area (Å²) in [5.74, 6) is -0.177. The second-order valence-electron chi connectivity index (χ2n) is 5.51. The number of rotatable bonds is 3. The number of likely N-dealkylation sites (N-methyl/N-ethyl adjacent to an activating group) is 1. The summed E-state index contributed by atoms with van der Waals surface area (Å²) in [5.41, 5.74) is -0.419. The van der Waals surface area contributed by atoms with Crippen LogP contribution in [-0.4, -0.2) is 56.0 Å². The molecule has 1 N–H and O–H groups in total. The van der Waals surface area contributed by atoms with Gasteiger partial charge in [0.25, 0.3) is 5.91 Å². The molecule has 1 aliphatic heterocycles. The number of hydrogen-bond acceptors (Lipinski definition) is 4. The highest BCUT2D eigenvalue weighted by Gasteiger charge is 2.26. The van der Waals surface area contributed by atoms with Crippen LogP contribution in [0.3, 0.4) is 0 Å². The smallest absolute Gasteiger partial charge is 0.250 e. The minimum Gasteiger partial charge on any atom is -0.366 e. The van der Waals surface area contributed by atoms with E-state index in [9.17, 15) is 9.59 Å². The molecule has 1 heterocycles. The first-order valence-corrected chi connectivity index (χ1v) is 5.92. The van der Waals surface area contributed by atoms with Gasteiger partial charge in [0.2, 0.25) is 0 Å². The summed E-state index contributed by atoms with van der Waals surface area (Å²) in [7, 11) is 1.95. The summed E-state index contributed by atoms with van der Waals surface area (Å²) >= 11 is 0. The van der Waals surface area contributed by atoms with Crippen LogP contribution in [0, 0.1) is 5.41 Å². The zero-order valence-corrected chi connectivity index (χ0v) is 11.1. The van der Waals surface area contributed by atoms with Crippen molar-refractivity contribution in [2.45, 2.75) is 26.9 Å². The van der Waals surface area contributed by atoms with Crippen LogP contribution in [-0.2, 0) is 14.3 Å². The molecule has 0 spiro atoms. The number of carbonyl (C=O) groups excluding carboxylic acids is 2. The third kappa shape index (κ3) is 4.44. The lowest BCUT2D eigenvalue weighted by Crippen LogP contribution is -2.49. The van der Waals surface area contributed by atoms with Crippen molar-refractivity contribution in [2.75, 3.05) is 33.3 Å². The fourth-order valence-corrected chi connectivity index (χ4v) is 1.48. The van der Waals surface area contributed by atoms with Gasteiger partial charge < -0.3 is 15.0 Å². The Morgan fingerprint density at radius 1 is 1.41 bits per heavy atom. The number of morpholine rings is 1. The number of hydrogen-bond donors (Lipinski definition) is 1. The van der Waals surface area contributed by atoms with Gasteiger partial charge in [-0.15, -0.1) is 0 Å². The van der Waals surface area contributed by atoms with Crippen LogP contribution in [0.4, 0.5) is 0 Å². The molecule has 1 amide bonds. The normalized spacial score (nSPS) is 22.2. The molecule has 0 saturated carbocycles. The second-order valence-corrected chi connectivity index (χ2v) is 5.51. The van der Waals surface area contributed by atoms with Crippen LogP contribution in [0.2, 0.25) is 0 Å². The van der Waals surface area contributed by atoms with E-state index in [0.29, 0.717) is 13.2 Å². The Morgan fingerprint density at radius 2 is 2.06 bits per heavy atom. The van der Waals surface area contributed by atoms with E-state index in [4.69, 9.17) is 4.74 Å². The molecule has 0 bridgehead atoms. The summed E-state index contributed by atoms with van der Waals surface area (Å²) in [4.78, 5) is 25.5. The highest BCUT2D eigenvalue weighted by atomic mass is 16.5. The summed E-state index contributed by atoms with van der Waals surface area (Å²) in [6.07, 6.45) is -0.457. The zero-order chi connectivity index (χ0) is 13.1. The van der Waals surface area contributed by atoms with Crippen molar-refractivity contribution in [1.82, 2.24) is 10.2 Å². The summed E-state index contributed by atoms with van der Waals surface area (Å²) < 4.78 is 5.36. The lowest BCUT2D eigenvalue weighted by molar-refractivity contribution is -0.139. The molecular formula is C12H22N2O3. The number of nitrogens with zero attached hydrogens (tertiary/aromatic N) is 1. The number of ether oxygens (including phenoxy) is 1. The SMILES string of the molecule is CN1CCOC(C(=O)NCC(=O)C(C)(C)C)C1. The van der Waals surface area contributed by atoms with Gasteiger partial charge in [0.15, 0.2) is 5.78 Å². The molecular weight excluding hydrogens is 220 g/mol. The predicted molar refractivity (Wildman–Crippen MR) is 64.7 cm³/mol. The van der Waals surface area contributed by atoms with E-state index in [0.717, 1.165) is 6.54 Å². The van der Waals surface area contributed by atoms with Crippen molar-refractivity contribution < 1.29 is 14.3 Å². The maximum Gasteiger partial charge on any atom is 0.250 e. The molecule has 5 heteroatoms. The minimum atomic E-state index is -0.457. The van der Waals surface area contributed by atoms with Crippen molar-refractivity contribution >= 4 is 11.7 Å². The summed E-state index contributed by atoms with van der Waals surface area (Å²) in [6, 6.07) is 0. The molecule has 1 unspecified atom stereocenters. The Morgan fingerprint density at radius 3 is 2.59 bits per heavy atom. The molecule has 0 aromatic carbocycles. The number of nitrogens with one attached hydrogen (secondary N) is 1. The average Bonchev–Trinajstić information content (AvgIpc) is 2.24. The first-order chi connectivity index (χ1) is 7.80. The highest BCUT2D eigenvalue weighted by molar-refractivity contribution is 5.90. The number of amides is 1. The van der Waals surface area contributed by atoms with E-state index in [1.165, 1.54) is 0 Å². The largest absolute Gasteiger partial charge is 0.366 e. The maximum atomic E-state index is 11.8. The van der Waals surface area contributed by atoms with E-state index in [1.54, 1.807) is 0 Å². The van der Waals surface area contributed by atoms with Crippen molar-refractivity contribution in [1.29, 1.82) is 0 Å². The molecule has 1 saturated heterocycles. The van der Waals surface area contributed by atoms with Crippen molar-refractivity contribution in [3.8, 4) is 0 Å². The number of carbonyl (C=O) groups is 2. The molecule has 0 aromatic heterocycles. The predicted octanol–water partition coefficient (Wildman–Crippen LogP) is 0.0484. The van der Waals surface area contributed by atoms with Gasteiger partial charge in [-0.2, -0.15) is 0 Å². The molecule has 5 nitrogen and oxygen atoms in total. The Balaban J connectivity index is 2.37. The molecule has 0 aromatic rings. The van der Waals surface area contributed by atoms with Crippen molar-refractivity contribution in [2.24, 2.45) is 5.41 Å². The third-order valence-electron chi connectivity index (χ3n) is 2.82. The Labute approximate surface area is 102 Å². The molecule has 1 aliphatic rings. The van der Waals surface area contributed by atoms with E-state index in [1.807, 2.05) is 32.7 Å². The quantitative estimate of drug-likeness (QED) is 0.759. The van der Waals surface area contributed by atoms with Crippen LogP contribution < -0.4 is 5.32 Å². The summed E-state index contributed by atoms with van der Waals surface area (Å²) in [5, 5.41) is 2.64. The van der Waals surface area contributed by atoms with Crippen LogP contribution in [0.25, 0.3) is 0 Å². The van der Waals surface area contributed by atoms with Gasteiger partial charge in [-0.05, 0) is 7.05 Å². The van der Waals surface area contributed by atoms with Gasteiger partial charge in [0.1, 0.15) is 6.10 Å². The molecule has 1 rings (SSSR count). The monoisotopic (exact) mass is 242 g/mol. The Bertz CT molecular complexity index is 297. The highest BCUT2D eigenvalue weighted by Crippen LogP contribution is 2.13. The lowest BCUT2D eigenvalue weighted by Gasteiger charge is -2.29. The second kappa shape index (κ2) is 5.60. The van der Waals surface area contributed by atoms with Crippen molar-refractivity contribution in [3.63, 3.8) is 0 Å². The molecule has 17 heavy (non-hydrogen) atoms.